The number of rotatable bonds is 2. The molecule has 0 unspecified atom stereocenters. The van der Waals surface area contributed by atoms with Crippen molar-refractivity contribution in [2.75, 3.05) is 6.79 Å². The summed E-state index contributed by atoms with van der Waals surface area (Å²) in [7, 11) is 0. The summed E-state index contributed by atoms with van der Waals surface area (Å²) < 4.78 is 12.1. The van der Waals surface area contributed by atoms with Crippen LogP contribution in [0.2, 0.25) is 0 Å². The molecule has 0 saturated heterocycles. The van der Waals surface area contributed by atoms with Crippen molar-refractivity contribution in [3.8, 4) is 46.3 Å². The molecule has 43 heavy (non-hydrogen) atoms. The van der Waals surface area contributed by atoms with Crippen molar-refractivity contribution in [2.45, 2.75) is 13.2 Å². The lowest BCUT2D eigenvalue weighted by atomic mass is 9.91. The van der Waals surface area contributed by atoms with Gasteiger partial charge in [-0.3, -0.25) is 0 Å². The zero-order valence-corrected chi connectivity index (χ0v) is 23.2. The molecule has 7 rings (SSSR count). The summed E-state index contributed by atoms with van der Waals surface area (Å²) in [5.74, 6) is 14.5. The molecule has 0 aliphatic carbocycles. The van der Waals surface area contributed by atoms with E-state index in [1.165, 1.54) is 0 Å². The Labute approximate surface area is 249 Å². The molecule has 6 aromatic rings. The molecule has 0 saturated carbocycles. The maximum Gasteiger partial charge on any atom is 0.230 e. The van der Waals surface area contributed by atoms with E-state index < -0.39 is 0 Å². The number of aliphatic hydroxyl groups excluding tert-OH is 2. The number of fused-ring (bicyclic) bond motifs is 7. The Kier molecular flexibility index (Phi) is 6.99. The van der Waals surface area contributed by atoms with Gasteiger partial charge in [0.2, 0.25) is 6.79 Å². The van der Waals surface area contributed by atoms with E-state index in [0.29, 0.717) is 0 Å². The summed E-state index contributed by atoms with van der Waals surface area (Å²) in [5.41, 5.74) is 7.35. The molecule has 0 bridgehead atoms. The maximum absolute atomic E-state index is 9.28. The van der Waals surface area contributed by atoms with E-state index in [-0.39, 0.29) is 20.0 Å². The molecule has 0 radical (unpaired) electrons. The molecular weight excluding hydrogens is 532 g/mol. The van der Waals surface area contributed by atoms with Gasteiger partial charge in [-0.05, 0) is 93.3 Å². The third-order valence-electron chi connectivity index (χ3n) is 7.62. The van der Waals surface area contributed by atoms with E-state index >= 15 is 0 Å². The number of hydrogen-bond donors (Lipinski definition) is 2. The van der Waals surface area contributed by atoms with E-state index in [1.54, 1.807) is 0 Å². The summed E-state index contributed by atoms with van der Waals surface area (Å²) in [6, 6.07) is 35.8. The lowest BCUT2D eigenvalue weighted by Crippen LogP contribution is -2.03. The molecule has 6 aromatic carbocycles. The monoisotopic (exact) mass is 558 g/mol. The Hall–Kier alpha value is -5.52. The van der Waals surface area contributed by atoms with Gasteiger partial charge in [0.25, 0.3) is 0 Å². The molecule has 1 aliphatic heterocycles. The quantitative estimate of drug-likeness (QED) is 0.221. The highest BCUT2D eigenvalue weighted by molar-refractivity contribution is 6.10. The molecule has 0 aromatic heterocycles. The molecular formula is C39H26O4. The van der Waals surface area contributed by atoms with E-state index in [2.05, 4.69) is 60.1 Å². The Bertz CT molecular complexity index is 1970. The van der Waals surface area contributed by atoms with Crippen molar-refractivity contribution in [1.29, 1.82) is 0 Å². The van der Waals surface area contributed by atoms with Crippen molar-refractivity contribution in [3.05, 3.63) is 143 Å². The molecule has 4 heteroatoms. The molecule has 1 heterocycles. The number of hydrogen-bond acceptors (Lipinski definition) is 4. The summed E-state index contributed by atoms with van der Waals surface area (Å²) in [4.78, 5) is 0. The summed E-state index contributed by atoms with van der Waals surface area (Å²) in [6.45, 7) is 0.174. The smallest absolute Gasteiger partial charge is 0.230 e. The Morgan fingerprint density at radius 3 is 1.28 bits per heavy atom. The third-order valence-corrected chi connectivity index (χ3v) is 7.62. The minimum absolute atomic E-state index is 0.0206. The normalized spacial score (nSPS) is 11.6. The van der Waals surface area contributed by atoms with Crippen LogP contribution in [0.25, 0.3) is 32.7 Å². The molecule has 0 spiro atoms. The fraction of sp³-hybridized carbons (Fsp3) is 0.0769. The average molecular weight is 559 g/mol. The van der Waals surface area contributed by atoms with Gasteiger partial charge in [-0.1, -0.05) is 72.2 Å². The molecule has 0 fully saturated rings. The number of benzene rings is 6. The molecule has 2 N–H and O–H groups in total. The lowest BCUT2D eigenvalue weighted by molar-refractivity contribution is 0.125. The van der Waals surface area contributed by atoms with Gasteiger partial charge in [-0.2, -0.15) is 0 Å². The van der Waals surface area contributed by atoms with Gasteiger partial charge in [0.15, 0.2) is 0 Å². The van der Waals surface area contributed by atoms with Crippen LogP contribution in [0.5, 0.6) is 11.5 Å². The average Bonchev–Trinajstić information content (AvgIpc) is 3.26. The standard InChI is InChI=1S/C39H26O4/c40-23-30-9-3-26(4-10-30)1-7-28-13-17-34-32(21-28)15-19-36-38(34)39-35-18-14-29(8-2-27-5-11-31(24-41)12-6-27)22-33(35)16-20-37(39)43-25-42-36/h3-6,9-22,40-41H,23-25H2. The Balaban J connectivity index is 1.29. The molecule has 206 valence electrons. The van der Waals surface area contributed by atoms with Crippen molar-refractivity contribution in [3.63, 3.8) is 0 Å². The van der Waals surface area contributed by atoms with Crippen LogP contribution >= 0.6 is 0 Å². The van der Waals surface area contributed by atoms with Crippen LogP contribution in [0.4, 0.5) is 0 Å². The fourth-order valence-electron chi connectivity index (χ4n) is 5.36. The second-order valence-electron chi connectivity index (χ2n) is 10.4. The first-order valence-corrected chi connectivity index (χ1v) is 14.0. The second kappa shape index (κ2) is 11.4. The van der Waals surface area contributed by atoms with Crippen LogP contribution in [-0.4, -0.2) is 17.0 Å². The Morgan fingerprint density at radius 2 is 0.860 bits per heavy atom. The van der Waals surface area contributed by atoms with Crippen molar-refractivity contribution < 1.29 is 19.7 Å². The zero-order valence-electron chi connectivity index (χ0n) is 23.2. The van der Waals surface area contributed by atoms with Gasteiger partial charge >= 0.3 is 0 Å². The van der Waals surface area contributed by atoms with Crippen molar-refractivity contribution in [1.82, 2.24) is 0 Å². The number of ether oxygens (including phenoxy) is 2. The van der Waals surface area contributed by atoms with Gasteiger partial charge in [0, 0.05) is 33.4 Å². The third kappa shape index (κ3) is 5.30. The van der Waals surface area contributed by atoms with Crippen LogP contribution in [-0.2, 0) is 13.2 Å². The fourth-order valence-corrected chi connectivity index (χ4v) is 5.36. The van der Waals surface area contributed by atoms with Crippen LogP contribution in [0.3, 0.4) is 0 Å². The minimum Gasteiger partial charge on any atom is -0.457 e. The predicted molar refractivity (Wildman–Crippen MR) is 170 cm³/mol. The highest BCUT2D eigenvalue weighted by Gasteiger charge is 2.22. The summed E-state index contributed by atoms with van der Waals surface area (Å²) in [6.07, 6.45) is 0. The first-order valence-electron chi connectivity index (χ1n) is 14.0. The van der Waals surface area contributed by atoms with Gasteiger partial charge in [-0.15, -0.1) is 0 Å². The minimum atomic E-state index is 0.0206. The summed E-state index contributed by atoms with van der Waals surface area (Å²) in [5, 5.41) is 22.8. The lowest BCUT2D eigenvalue weighted by Gasteiger charge is -2.14. The SMILES string of the molecule is OCc1ccc(C#Cc2ccc3c4c(ccc3c2)OCOc2ccc3cc(C#Cc5ccc(CO)cc5)ccc3c2-4)cc1. The molecule has 1 aliphatic rings. The molecule has 0 amide bonds. The van der Waals surface area contributed by atoms with Crippen LogP contribution in [0.1, 0.15) is 33.4 Å². The molecule has 0 atom stereocenters. The predicted octanol–water partition coefficient (Wildman–Crippen LogP) is 7.17. The van der Waals surface area contributed by atoms with Gasteiger partial charge in [0.05, 0.1) is 13.2 Å². The first kappa shape index (κ1) is 26.4. The zero-order chi connectivity index (χ0) is 29.2. The van der Waals surface area contributed by atoms with Crippen LogP contribution in [0, 0.1) is 23.7 Å². The topological polar surface area (TPSA) is 58.9 Å². The van der Waals surface area contributed by atoms with Crippen LogP contribution < -0.4 is 9.47 Å². The second-order valence-corrected chi connectivity index (χ2v) is 10.4. The van der Waals surface area contributed by atoms with Crippen LogP contribution in [0.15, 0.2) is 109 Å². The highest BCUT2D eigenvalue weighted by atomic mass is 16.7. The van der Waals surface area contributed by atoms with Gasteiger partial charge in [0.1, 0.15) is 11.5 Å². The Morgan fingerprint density at radius 1 is 0.465 bits per heavy atom. The van der Waals surface area contributed by atoms with Crippen molar-refractivity contribution in [2.24, 2.45) is 0 Å². The maximum atomic E-state index is 9.28. The largest absolute Gasteiger partial charge is 0.457 e. The number of aliphatic hydroxyl groups is 2. The van der Waals surface area contributed by atoms with Crippen molar-refractivity contribution >= 4 is 21.5 Å². The van der Waals surface area contributed by atoms with E-state index in [1.807, 2.05) is 72.8 Å². The van der Waals surface area contributed by atoms with E-state index in [0.717, 1.165) is 77.6 Å². The first-order chi connectivity index (χ1) is 21.2. The highest BCUT2D eigenvalue weighted by Crippen LogP contribution is 2.47. The van der Waals surface area contributed by atoms with E-state index in [4.69, 9.17) is 9.47 Å². The van der Waals surface area contributed by atoms with Gasteiger partial charge in [-0.25, -0.2) is 0 Å². The summed E-state index contributed by atoms with van der Waals surface area (Å²) >= 11 is 0. The molecule has 4 nitrogen and oxygen atoms in total. The van der Waals surface area contributed by atoms with E-state index in [9.17, 15) is 10.2 Å². The van der Waals surface area contributed by atoms with Gasteiger partial charge < -0.3 is 19.7 Å².